The first kappa shape index (κ1) is 9.45. The molecule has 0 saturated carbocycles. The number of aromatic hydroxyl groups is 1. The first-order valence-corrected chi connectivity index (χ1v) is 4.32. The third-order valence-corrected chi connectivity index (χ3v) is 2.26. The third kappa shape index (κ3) is 1.22. The fourth-order valence-electron chi connectivity index (χ4n) is 1.48. The maximum absolute atomic E-state index is 11.2. The molecule has 0 radical (unpaired) electrons. The van der Waals surface area contributed by atoms with E-state index in [0.29, 0.717) is 11.3 Å². The Morgan fingerprint density at radius 2 is 1.80 bits per heavy atom. The molecule has 0 saturated heterocycles. The zero-order chi connectivity index (χ0) is 11.0. The zero-order valence-corrected chi connectivity index (χ0v) is 7.98. The van der Waals surface area contributed by atoms with Gasteiger partial charge >= 0.3 is 0 Å². The van der Waals surface area contributed by atoms with Gasteiger partial charge in [-0.25, -0.2) is 0 Å². The Labute approximate surface area is 85.1 Å². The molecule has 0 bridgehead atoms. The highest BCUT2D eigenvalue weighted by molar-refractivity contribution is 5.78. The summed E-state index contributed by atoms with van der Waals surface area (Å²) in [5, 5.41) is 9.27. The quantitative estimate of drug-likeness (QED) is 0.730. The van der Waals surface area contributed by atoms with E-state index in [1.54, 1.807) is 24.3 Å². The average Bonchev–Trinajstić information content (AvgIpc) is 2.29. The second kappa shape index (κ2) is 3.24. The van der Waals surface area contributed by atoms with E-state index in [-0.39, 0.29) is 5.56 Å². The molecule has 0 unspecified atom stereocenters. The Bertz CT molecular complexity index is 576. The minimum absolute atomic E-state index is 0.0393. The number of ether oxygens (including phenoxy) is 1. The molecule has 2 rings (SSSR count). The van der Waals surface area contributed by atoms with Crippen molar-refractivity contribution in [3.63, 3.8) is 0 Å². The van der Waals surface area contributed by atoms with Gasteiger partial charge in [0.2, 0.25) is 5.43 Å². The van der Waals surface area contributed by atoms with Gasteiger partial charge in [-0.15, -0.1) is 0 Å². The highest BCUT2D eigenvalue weighted by Crippen LogP contribution is 2.32. The topological polar surface area (TPSA) is 63.6 Å². The van der Waals surface area contributed by atoms with Crippen LogP contribution < -0.4 is 15.6 Å². The van der Waals surface area contributed by atoms with E-state index in [1.165, 1.54) is 7.11 Å². The first-order valence-electron chi connectivity index (χ1n) is 4.32. The van der Waals surface area contributed by atoms with Crippen LogP contribution in [0.15, 0.2) is 33.9 Å². The van der Waals surface area contributed by atoms with Crippen molar-refractivity contribution in [3.8, 4) is 22.6 Å². The van der Waals surface area contributed by atoms with Gasteiger partial charge in [0.25, 0.3) is 5.43 Å². The molecule has 4 heteroatoms. The lowest BCUT2D eigenvalue weighted by Crippen LogP contribution is -2.31. The van der Waals surface area contributed by atoms with Gasteiger partial charge in [-0.2, -0.15) is 0 Å². The van der Waals surface area contributed by atoms with E-state index >= 15 is 0 Å². The highest BCUT2D eigenvalue weighted by atomic mass is 16.5. The van der Waals surface area contributed by atoms with Crippen LogP contribution in [0, 0.1) is 0 Å². The molecule has 0 aliphatic rings. The molecule has 0 aliphatic heterocycles. The molecule has 2 aromatic rings. The normalized spacial score (nSPS) is 10.5. The molecule has 0 heterocycles. The molecule has 1 N–H and O–H groups in total. The molecule has 0 atom stereocenters. The minimum Gasteiger partial charge on any atom is -0.503 e. The van der Waals surface area contributed by atoms with E-state index in [4.69, 9.17) is 4.74 Å². The third-order valence-electron chi connectivity index (χ3n) is 2.26. The number of benzene rings is 1. The summed E-state index contributed by atoms with van der Waals surface area (Å²) in [6.45, 7) is 0. The Morgan fingerprint density at radius 3 is 2.40 bits per heavy atom. The molecule has 0 amide bonds. The van der Waals surface area contributed by atoms with Gasteiger partial charge in [-0.1, -0.05) is 18.2 Å². The van der Waals surface area contributed by atoms with Crippen molar-refractivity contribution in [3.05, 3.63) is 44.7 Å². The number of hydrogen-bond donors (Lipinski definition) is 1. The summed E-state index contributed by atoms with van der Waals surface area (Å²) in [6.07, 6.45) is 0. The summed E-state index contributed by atoms with van der Waals surface area (Å²) < 4.78 is 5.03. The SMILES string of the molecule is COc1ccccc1-c1c(O)c(=O)c1=O. The van der Waals surface area contributed by atoms with Crippen LogP contribution in [0.5, 0.6) is 11.5 Å². The fourth-order valence-corrected chi connectivity index (χ4v) is 1.48. The lowest BCUT2D eigenvalue weighted by molar-refractivity contribution is 0.415. The maximum atomic E-state index is 11.2. The second-order valence-electron chi connectivity index (χ2n) is 3.08. The van der Waals surface area contributed by atoms with E-state index in [2.05, 4.69) is 0 Å². The highest BCUT2D eigenvalue weighted by Gasteiger charge is 2.23. The van der Waals surface area contributed by atoms with Gasteiger partial charge in [-0.05, 0) is 6.07 Å². The van der Waals surface area contributed by atoms with Gasteiger partial charge < -0.3 is 9.84 Å². The van der Waals surface area contributed by atoms with Crippen LogP contribution >= 0.6 is 0 Å². The molecule has 76 valence electrons. The Hall–Kier alpha value is -2.10. The largest absolute Gasteiger partial charge is 0.503 e. The smallest absolute Gasteiger partial charge is 0.268 e. The van der Waals surface area contributed by atoms with Crippen molar-refractivity contribution < 1.29 is 9.84 Å². The number of methoxy groups -OCH3 is 1. The molecular formula is C11H8O4. The van der Waals surface area contributed by atoms with Gasteiger partial charge in [0.05, 0.1) is 12.7 Å². The number of hydrogen-bond acceptors (Lipinski definition) is 4. The monoisotopic (exact) mass is 204 g/mol. The van der Waals surface area contributed by atoms with Crippen LogP contribution in [0.2, 0.25) is 0 Å². The lowest BCUT2D eigenvalue weighted by atomic mass is 9.99. The Balaban J connectivity index is 2.66. The Kier molecular flexibility index (Phi) is 2.04. The molecule has 0 spiro atoms. The van der Waals surface area contributed by atoms with Crippen molar-refractivity contribution in [2.75, 3.05) is 7.11 Å². The molecule has 4 nitrogen and oxygen atoms in total. The van der Waals surface area contributed by atoms with Crippen molar-refractivity contribution in [2.24, 2.45) is 0 Å². The van der Waals surface area contributed by atoms with Crippen molar-refractivity contribution in [2.45, 2.75) is 0 Å². The summed E-state index contributed by atoms with van der Waals surface area (Å²) in [7, 11) is 1.46. The molecule has 15 heavy (non-hydrogen) atoms. The summed E-state index contributed by atoms with van der Waals surface area (Å²) in [5.74, 6) is -0.0237. The van der Waals surface area contributed by atoms with Crippen molar-refractivity contribution >= 4 is 0 Å². The summed E-state index contributed by atoms with van der Waals surface area (Å²) in [6, 6.07) is 6.72. The van der Waals surface area contributed by atoms with Gasteiger partial charge in [0.1, 0.15) is 5.75 Å². The summed E-state index contributed by atoms with van der Waals surface area (Å²) in [5.41, 5.74) is -1.02. The maximum Gasteiger partial charge on any atom is 0.268 e. The summed E-state index contributed by atoms with van der Waals surface area (Å²) in [4.78, 5) is 22.1. The fraction of sp³-hybridized carbons (Fsp3) is 0.0909. The van der Waals surface area contributed by atoms with Crippen LogP contribution in [-0.4, -0.2) is 12.2 Å². The second-order valence-corrected chi connectivity index (χ2v) is 3.08. The predicted octanol–water partition coefficient (Wildman–Crippen LogP) is 0.664. The van der Waals surface area contributed by atoms with E-state index in [1.807, 2.05) is 0 Å². The van der Waals surface area contributed by atoms with Crippen molar-refractivity contribution in [1.82, 2.24) is 0 Å². The van der Waals surface area contributed by atoms with Gasteiger partial charge in [0.15, 0.2) is 5.75 Å². The van der Waals surface area contributed by atoms with E-state index < -0.39 is 16.6 Å². The van der Waals surface area contributed by atoms with Crippen molar-refractivity contribution in [1.29, 1.82) is 0 Å². The van der Waals surface area contributed by atoms with E-state index in [9.17, 15) is 14.7 Å². The molecule has 0 fully saturated rings. The lowest BCUT2D eigenvalue weighted by Gasteiger charge is -2.09. The molecular weight excluding hydrogens is 196 g/mol. The minimum atomic E-state index is -0.837. The van der Waals surface area contributed by atoms with Gasteiger partial charge in [0, 0.05) is 5.56 Å². The van der Waals surface area contributed by atoms with E-state index in [0.717, 1.165) is 0 Å². The number of para-hydroxylation sites is 1. The van der Waals surface area contributed by atoms with Crippen LogP contribution in [0.25, 0.3) is 11.1 Å². The molecule has 2 aromatic carbocycles. The average molecular weight is 204 g/mol. The number of rotatable bonds is 2. The van der Waals surface area contributed by atoms with Gasteiger partial charge in [-0.3, -0.25) is 9.59 Å². The standard InChI is InChI=1S/C11H8O4/c1-15-7-5-3-2-4-6(7)8-9(12)11(14)10(8)13/h2-5,12H,1H3. The predicted molar refractivity (Wildman–Crippen MR) is 55.0 cm³/mol. The van der Waals surface area contributed by atoms with Crippen LogP contribution in [0.4, 0.5) is 0 Å². The zero-order valence-electron chi connectivity index (χ0n) is 7.98. The molecule has 0 aliphatic carbocycles. The van der Waals surface area contributed by atoms with Crippen LogP contribution in [0.3, 0.4) is 0 Å². The van der Waals surface area contributed by atoms with Crippen LogP contribution in [-0.2, 0) is 0 Å². The summed E-state index contributed by atoms with van der Waals surface area (Å²) >= 11 is 0. The Morgan fingerprint density at radius 1 is 1.13 bits per heavy atom. The first-order chi connectivity index (χ1) is 7.16. The molecule has 0 aromatic heterocycles. The van der Waals surface area contributed by atoms with Crippen LogP contribution in [0.1, 0.15) is 0 Å².